The third-order valence-electron chi connectivity index (χ3n) is 1.79. The van der Waals surface area contributed by atoms with Crippen molar-refractivity contribution in [3.63, 3.8) is 0 Å². The van der Waals surface area contributed by atoms with Crippen molar-refractivity contribution in [1.29, 1.82) is 0 Å². The smallest absolute Gasteiger partial charge is 0.253 e. The number of pyridine rings is 1. The van der Waals surface area contributed by atoms with Crippen LogP contribution in [0, 0.1) is 23.5 Å². The zero-order chi connectivity index (χ0) is 11.4. The predicted molar refractivity (Wildman–Crippen MR) is 49.1 cm³/mol. The third kappa shape index (κ3) is 3.42. The fourth-order valence-corrected chi connectivity index (χ4v) is 0.921. The van der Waals surface area contributed by atoms with Gasteiger partial charge in [-0.1, -0.05) is 13.8 Å². The van der Waals surface area contributed by atoms with Crippen molar-refractivity contribution >= 4 is 0 Å². The lowest BCUT2D eigenvalue weighted by atomic mass is 10.1. The molecule has 0 amide bonds. The zero-order valence-electron chi connectivity index (χ0n) is 8.56. The van der Waals surface area contributed by atoms with Crippen molar-refractivity contribution in [2.75, 3.05) is 6.61 Å². The minimum absolute atomic E-state index is 0.229. The second kappa shape index (κ2) is 5.00. The first-order valence-corrected chi connectivity index (χ1v) is 4.65. The quantitative estimate of drug-likeness (QED) is 0.726. The summed E-state index contributed by atoms with van der Waals surface area (Å²) in [6, 6.07) is 0.424. The normalized spacial score (nSPS) is 10.8. The van der Waals surface area contributed by atoms with E-state index in [4.69, 9.17) is 4.74 Å². The molecule has 0 aliphatic heterocycles. The van der Waals surface area contributed by atoms with Crippen LogP contribution in [-0.4, -0.2) is 11.6 Å². The van der Waals surface area contributed by atoms with Gasteiger partial charge in [-0.25, -0.2) is 8.78 Å². The maximum absolute atomic E-state index is 13.0. The summed E-state index contributed by atoms with van der Waals surface area (Å²) < 4.78 is 42.9. The minimum Gasteiger partial charge on any atom is -0.476 e. The van der Waals surface area contributed by atoms with E-state index in [0.717, 1.165) is 0 Å². The Balaban J connectivity index is 2.65. The average molecular weight is 219 g/mol. The maximum atomic E-state index is 13.0. The molecule has 0 spiro atoms. The molecule has 1 rings (SSSR count). The molecule has 84 valence electrons. The third-order valence-corrected chi connectivity index (χ3v) is 1.79. The second-order valence-corrected chi connectivity index (χ2v) is 3.58. The Bertz CT molecular complexity index is 342. The SMILES string of the molecule is CC(C)CCOc1nc(F)c(F)cc1F. The molecule has 1 aromatic heterocycles. The van der Waals surface area contributed by atoms with Crippen LogP contribution in [0.4, 0.5) is 13.2 Å². The Morgan fingerprint density at radius 2 is 1.93 bits per heavy atom. The second-order valence-electron chi connectivity index (χ2n) is 3.58. The average Bonchev–Trinajstić information content (AvgIpc) is 2.13. The number of hydrogen-bond acceptors (Lipinski definition) is 2. The van der Waals surface area contributed by atoms with Crippen LogP contribution in [-0.2, 0) is 0 Å². The number of nitrogens with zero attached hydrogens (tertiary/aromatic N) is 1. The van der Waals surface area contributed by atoms with Gasteiger partial charge in [-0.3, -0.25) is 0 Å². The number of halogens is 3. The molecule has 0 aromatic carbocycles. The first-order valence-electron chi connectivity index (χ1n) is 4.65. The van der Waals surface area contributed by atoms with E-state index < -0.39 is 23.5 Å². The molecule has 0 fully saturated rings. The van der Waals surface area contributed by atoms with Crippen molar-refractivity contribution in [3.05, 3.63) is 23.6 Å². The molecular formula is C10H12F3NO. The van der Waals surface area contributed by atoms with Gasteiger partial charge in [-0.05, 0) is 12.3 Å². The highest BCUT2D eigenvalue weighted by Crippen LogP contribution is 2.17. The summed E-state index contributed by atoms with van der Waals surface area (Å²) >= 11 is 0. The minimum atomic E-state index is -1.35. The molecule has 1 aromatic rings. The van der Waals surface area contributed by atoms with E-state index in [0.29, 0.717) is 18.4 Å². The van der Waals surface area contributed by atoms with Gasteiger partial charge in [0.15, 0.2) is 11.6 Å². The highest BCUT2D eigenvalue weighted by Gasteiger charge is 2.12. The van der Waals surface area contributed by atoms with Crippen LogP contribution in [0.5, 0.6) is 5.88 Å². The number of ether oxygens (including phenoxy) is 1. The lowest BCUT2D eigenvalue weighted by molar-refractivity contribution is 0.258. The highest BCUT2D eigenvalue weighted by molar-refractivity contribution is 5.15. The van der Waals surface area contributed by atoms with Gasteiger partial charge in [-0.2, -0.15) is 9.37 Å². The molecule has 0 bridgehead atoms. The topological polar surface area (TPSA) is 22.1 Å². The maximum Gasteiger partial charge on any atom is 0.253 e. The number of hydrogen-bond donors (Lipinski definition) is 0. The molecule has 0 atom stereocenters. The molecule has 2 nitrogen and oxygen atoms in total. The van der Waals surface area contributed by atoms with Crippen LogP contribution < -0.4 is 4.74 Å². The van der Waals surface area contributed by atoms with E-state index in [-0.39, 0.29) is 6.61 Å². The van der Waals surface area contributed by atoms with Gasteiger partial charge >= 0.3 is 0 Å². The standard InChI is InChI=1S/C10H12F3NO/c1-6(2)3-4-15-10-8(12)5-7(11)9(13)14-10/h5-6H,3-4H2,1-2H3. The Kier molecular flexibility index (Phi) is 3.94. The van der Waals surface area contributed by atoms with Crippen LogP contribution >= 0.6 is 0 Å². The van der Waals surface area contributed by atoms with Crippen molar-refractivity contribution in [2.24, 2.45) is 5.92 Å². The van der Waals surface area contributed by atoms with E-state index in [9.17, 15) is 13.2 Å². The Labute approximate surface area is 86.1 Å². The summed E-state index contributed by atoms with van der Waals surface area (Å²) in [5, 5.41) is 0. The first-order chi connectivity index (χ1) is 7.00. The Morgan fingerprint density at radius 3 is 2.53 bits per heavy atom. The summed E-state index contributed by atoms with van der Waals surface area (Å²) in [5.74, 6) is -3.76. The summed E-state index contributed by atoms with van der Waals surface area (Å²) in [6.45, 7) is 4.17. The number of rotatable bonds is 4. The molecule has 0 aliphatic rings. The highest BCUT2D eigenvalue weighted by atomic mass is 19.2. The van der Waals surface area contributed by atoms with Crippen LogP contribution in [0.3, 0.4) is 0 Å². The van der Waals surface area contributed by atoms with E-state index in [1.165, 1.54) is 0 Å². The van der Waals surface area contributed by atoms with Gasteiger partial charge in [0, 0.05) is 6.07 Å². The molecule has 15 heavy (non-hydrogen) atoms. The summed E-state index contributed by atoms with van der Waals surface area (Å²) in [6.07, 6.45) is 0.695. The Hall–Kier alpha value is -1.26. The molecule has 0 saturated heterocycles. The summed E-state index contributed by atoms with van der Waals surface area (Å²) in [4.78, 5) is 3.03. The molecule has 0 N–H and O–H groups in total. The van der Waals surface area contributed by atoms with Crippen LogP contribution in [0.25, 0.3) is 0 Å². The summed E-state index contributed by atoms with van der Waals surface area (Å²) in [5.41, 5.74) is 0. The molecule has 0 unspecified atom stereocenters. The van der Waals surface area contributed by atoms with Crippen molar-refractivity contribution < 1.29 is 17.9 Å². The predicted octanol–water partition coefficient (Wildman–Crippen LogP) is 2.92. The number of aromatic nitrogens is 1. The van der Waals surface area contributed by atoms with E-state index >= 15 is 0 Å². The molecule has 5 heteroatoms. The van der Waals surface area contributed by atoms with Gasteiger partial charge < -0.3 is 4.74 Å². The van der Waals surface area contributed by atoms with Crippen LogP contribution in [0.15, 0.2) is 6.07 Å². The first kappa shape index (κ1) is 11.8. The van der Waals surface area contributed by atoms with Gasteiger partial charge in [0.1, 0.15) is 0 Å². The van der Waals surface area contributed by atoms with Crippen molar-refractivity contribution in [2.45, 2.75) is 20.3 Å². The lowest BCUT2D eigenvalue weighted by Gasteiger charge is -2.07. The van der Waals surface area contributed by atoms with Gasteiger partial charge in [0.2, 0.25) is 0 Å². The van der Waals surface area contributed by atoms with Crippen LogP contribution in [0.2, 0.25) is 0 Å². The van der Waals surface area contributed by atoms with Gasteiger partial charge in [-0.15, -0.1) is 0 Å². The van der Waals surface area contributed by atoms with Gasteiger partial charge in [0.25, 0.3) is 11.8 Å². The fraction of sp³-hybridized carbons (Fsp3) is 0.500. The fourth-order valence-electron chi connectivity index (χ4n) is 0.921. The van der Waals surface area contributed by atoms with E-state index in [1.54, 1.807) is 0 Å². The molecule has 0 aliphatic carbocycles. The van der Waals surface area contributed by atoms with E-state index in [1.807, 2.05) is 13.8 Å². The van der Waals surface area contributed by atoms with Crippen molar-refractivity contribution in [3.8, 4) is 5.88 Å². The molecule has 0 radical (unpaired) electrons. The zero-order valence-corrected chi connectivity index (χ0v) is 8.56. The Morgan fingerprint density at radius 1 is 1.27 bits per heavy atom. The lowest BCUT2D eigenvalue weighted by Crippen LogP contribution is -2.06. The van der Waals surface area contributed by atoms with Crippen molar-refractivity contribution in [1.82, 2.24) is 4.98 Å². The van der Waals surface area contributed by atoms with Crippen LogP contribution in [0.1, 0.15) is 20.3 Å². The monoisotopic (exact) mass is 219 g/mol. The molecular weight excluding hydrogens is 207 g/mol. The largest absolute Gasteiger partial charge is 0.476 e. The molecule has 1 heterocycles. The molecule has 0 saturated carbocycles. The summed E-state index contributed by atoms with van der Waals surface area (Å²) in [7, 11) is 0. The van der Waals surface area contributed by atoms with Gasteiger partial charge in [0.05, 0.1) is 6.61 Å². The van der Waals surface area contributed by atoms with E-state index in [2.05, 4.69) is 4.98 Å².